The molecule has 1 aromatic heterocycles. The molecular formula is C33H29Cl2NO4. The molecule has 2 bridgehead atoms. The first-order chi connectivity index (χ1) is 19.5. The minimum atomic E-state index is -0.626. The Morgan fingerprint density at radius 1 is 1.02 bits per heavy atom. The summed E-state index contributed by atoms with van der Waals surface area (Å²) in [6.45, 7) is 2.35. The van der Waals surface area contributed by atoms with Crippen LogP contribution in [0.4, 0.5) is 0 Å². The third-order valence-corrected chi connectivity index (χ3v) is 11.1. The van der Waals surface area contributed by atoms with Gasteiger partial charge in [-0.2, -0.15) is 0 Å². The second-order valence-electron chi connectivity index (χ2n) is 12.3. The molecule has 0 unspecified atom stereocenters. The number of hydrogen-bond donors (Lipinski definition) is 1. The molecule has 1 saturated carbocycles. The molecular weight excluding hydrogens is 545 g/mol. The summed E-state index contributed by atoms with van der Waals surface area (Å²) in [5, 5.41) is 13.4. The highest BCUT2D eigenvalue weighted by Gasteiger charge is 2.74. The van der Waals surface area contributed by atoms with Crippen molar-refractivity contribution in [1.82, 2.24) is 4.90 Å². The predicted octanol–water partition coefficient (Wildman–Crippen LogP) is 7.37. The first-order valence-corrected chi connectivity index (χ1v) is 15.1. The molecule has 5 nitrogen and oxygen atoms in total. The first kappa shape index (κ1) is 24.0. The van der Waals surface area contributed by atoms with Crippen molar-refractivity contribution in [2.75, 3.05) is 13.1 Å². The number of ether oxygens (including phenoxy) is 2. The number of rotatable bonds is 5. The molecule has 5 aliphatic rings. The third kappa shape index (κ3) is 2.97. The zero-order chi connectivity index (χ0) is 26.8. The second-order valence-corrected chi connectivity index (χ2v) is 13.1. The van der Waals surface area contributed by atoms with Crippen LogP contribution in [-0.2, 0) is 29.6 Å². The topological polar surface area (TPSA) is 55.1 Å². The van der Waals surface area contributed by atoms with Gasteiger partial charge in [-0.15, -0.1) is 0 Å². The van der Waals surface area contributed by atoms with E-state index in [9.17, 15) is 5.11 Å². The molecule has 7 heteroatoms. The van der Waals surface area contributed by atoms with Gasteiger partial charge in [-0.25, -0.2) is 0 Å². The van der Waals surface area contributed by atoms with Crippen LogP contribution in [0.1, 0.15) is 53.4 Å². The molecule has 0 amide bonds. The van der Waals surface area contributed by atoms with Crippen molar-refractivity contribution >= 4 is 34.2 Å². The summed E-state index contributed by atoms with van der Waals surface area (Å²) in [4.78, 5) is 2.69. The van der Waals surface area contributed by atoms with Crippen LogP contribution in [-0.4, -0.2) is 34.7 Å². The summed E-state index contributed by atoms with van der Waals surface area (Å²) < 4.78 is 20.8. The Morgan fingerprint density at radius 2 is 1.85 bits per heavy atom. The summed E-state index contributed by atoms with van der Waals surface area (Å²) >= 11 is 13.4. The highest BCUT2D eigenvalue weighted by molar-refractivity contribution is 6.35. The van der Waals surface area contributed by atoms with Crippen LogP contribution in [0.3, 0.4) is 0 Å². The van der Waals surface area contributed by atoms with Gasteiger partial charge in [0.1, 0.15) is 16.9 Å². The van der Waals surface area contributed by atoms with Gasteiger partial charge >= 0.3 is 0 Å². The highest BCUT2D eigenvalue weighted by atomic mass is 35.5. The molecule has 1 spiro atoms. The highest BCUT2D eigenvalue weighted by Crippen LogP contribution is 2.70. The van der Waals surface area contributed by atoms with E-state index in [0.717, 1.165) is 65.3 Å². The molecule has 2 fully saturated rings. The summed E-state index contributed by atoms with van der Waals surface area (Å²) in [6, 6.07) is 17.9. The summed E-state index contributed by atoms with van der Waals surface area (Å²) in [5.74, 6) is 2.40. The van der Waals surface area contributed by atoms with Gasteiger partial charge < -0.3 is 19.0 Å². The van der Waals surface area contributed by atoms with Gasteiger partial charge in [-0.3, -0.25) is 4.90 Å². The van der Waals surface area contributed by atoms with Gasteiger partial charge in [-0.05, 0) is 68.0 Å². The smallest absolute Gasteiger partial charge is 0.169 e. The average molecular weight is 575 g/mol. The number of likely N-dealkylation sites (tertiary alicyclic amines) is 1. The molecule has 40 heavy (non-hydrogen) atoms. The SMILES string of the molecule is Oc1ccc2c3c1O[C@H]1c4oc5ccccc5c4C[C@@]4(OCc5c(Cl)cccc5Cl)[C@H](C2)N(CC2CC2)CC[C@]314. The van der Waals surface area contributed by atoms with Crippen molar-refractivity contribution in [2.24, 2.45) is 5.92 Å². The van der Waals surface area contributed by atoms with Gasteiger partial charge in [0, 0.05) is 51.1 Å². The minimum Gasteiger partial charge on any atom is -0.504 e. The Labute approximate surface area is 242 Å². The summed E-state index contributed by atoms with van der Waals surface area (Å²) in [7, 11) is 0. The molecule has 3 aliphatic carbocycles. The maximum Gasteiger partial charge on any atom is 0.169 e. The van der Waals surface area contributed by atoms with E-state index in [-0.39, 0.29) is 11.8 Å². The Kier molecular flexibility index (Phi) is 4.91. The van der Waals surface area contributed by atoms with E-state index in [0.29, 0.717) is 28.8 Å². The number of hydrogen-bond acceptors (Lipinski definition) is 5. The number of piperidine rings is 1. The summed E-state index contributed by atoms with van der Waals surface area (Å²) in [5.41, 5.74) is 4.04. The van der Waals surface area contributed by atoms with Crippen LogP contribution in [0.15, 0.2) is 59.0 Å². The van der Waals surface area contributed by atoms with Gasteiger partial charge in [0.05, 0.1) is 12.0 Å². The lowest BCUT2D eigenvalue weighted by Gasteiger charge is -2.64. The standard InChI is InChI=1S/C33H29Cl2NO4/c34-23-5-3-6-24(35)22(23)17-38-33-15-21-20-4-1-2-7-26(20)39-29(21)31-32(33)12-13-36(16-18-8-9-18)27(33)14-19-10-11-25(37)30(40-31)28(19)32/h1-7,10-11,18,27,31,37H,8-9,12-17H2/t27-,31-,32-,33+/m0/s1. The van der Waals surface area contributed by atoms with E-state index in [1.54, 1.807) is 6.07 Å². The molecule has 4 atom stereocenters. The number of aromatic hydroxyl groups is 1. The van der Waals surface area contributed by atoms with Crippen LogP contribution in [0.5, 0.6) is 11.5 Å². The van der Waals surface area contributed by atoms with Gasteiger partial charge in [0.25, 0.3) is 0 Å². The van der Waals surface area contributed by atoms with Gasteiger partial charge in [0.15, 0.2) is 17.6 Å². The molecule has 3 heterocycles. The maximum atomic E-state index is 11.1. The van der Waals surface area contributed by atoms with Crippen LogP contribution in [0, 0.1) is 5.92 Å². The van der Waals surface area contributed by atoms with E-state index >= 15 is 0 Å². The zero-order valence-electron chi connectivity index (χ0n) is 22.0. The number of para-hydroxylation sites is 1. The fourth-order valence-corrected chi connectivity index (χ4v) is 9.04. The fourth-order valence-electron chi connectivity index (χ4n) is 8.54. The van der Waals surface area contributed by atoms with Gasteiger partial charge in [-0.1, -0.05) is 53.5 Å². The molecule has 1 saturated heterocycles. The maximum absolute atomic E-state index is 11.1. The van der Waals surface area contributed by atoms with E-state index in [2.05, 4.69) is 23.1 Å². The number of fused-ring (bicyclic) bond motifs is 4. The predicted molar refractivity (Wildman–Crippen MR) is 153 cm³/mol. The van der Waals surface area contributed by atoms with Crippen LogP contribution < -0.4 is 4.74 Å². The lowest BCUT2D eigenvalue weighted by Crippen LogP contribution is -2.75. The van der Waals surface area contributed by atoms with Gasteiger partial charge in [0.2, 0.25) is 0 Å². The van der Waals surface area contributed by atoms with Crippen molar-refractivity contribution in [3.05, 3.63) is 92.7 Å². The number of halogens is 2. The normalized spacial score (nSPS) is 29.8. The Bertz CT molecular complexity index is 1690. The fraction of sp³-hybridized carbons (Fsp3) is 0.394. The largest absolute Gasteiger partial charge is 0.504 e. The lowest BCUT2D eigenvalue weighted by atomic mass is 9.49. The van der Waals surface area contributed by atoms with E-state index in [1.807, 2.05) is 30.3 Å². The van der Waals surface area contributed by atoms with Crippen molar-refractivity contribution in [2.45, 2.75) is 61.9 Å². The van der Waals surface area contributed by atoms with Crippen molar-refractivity contribution in [3.8, 4) is 11.5 Å². The number of benzene rings is 3. The van der Waals surface area contributed by atoms with Crippen LogP contribution >= 0.6 is 23.2 Å². The van der Waals surface area contributed by atoms with E-state index < -0.39 is 17.1 Å². The molecule has 9 rings (SSSR count). The van der Waals surface area contributed by atoms with Crippen molar-refractivity contribution in [3.63, 3.8) is 0 Å². The number of phenols is 1. The zero-order valence-corrected chi connectivity index (χ0v) is 23.5. The summed E-state index contributed by atoms with van der Waals surface area (Å²) in [6.07, 6.45) is 4.61. The monoisotopic (exact) mass is 573 g/mol. The molecule has 1 N–H and O–H groups in total. The van der Waals surface area contributed by atoms with Crippen LogP contribution in [0.25, 0.3) is 11.0 Å². The molecule has 3 aromatic carbocycles. The van der Waals surface area contributed by atoms with E-state index in [4.69, 9.17) is 37.1 Å². The molecule has 0 radical (unpaired) electrons. The minimum absolute atomic E-state index is 0.138. The van der Waals surface area contributed by atoms with Crippen molar-refractivity contribution < 1.29 is 19.0 Å². The van der Waals surface area contributed by atoms with Crippen LogP contribution in [0.2, 0.25) is 10.0 Å². The number of phenolic OH excluding ortho intramolecular Hbond substituents is 1. The number of furan rings is 1. The Balaban J connectivity index is 1.31. The number of nitrogens with zero attached hydrogens (tertiary/aromatic N) is 1. The first-order valence-electron chi connectivity index (χ1n) is 14.3. The third-order valence-electron chi connectivity index (χ3n) is 10.4. The Morgan fingerprint density at radius 3 is 2.67 bits per heavy atom. The quantitative estimate of drug-likeness (QED) is 0.270. The molecule has 4 aromatic rings. The average Bonchev–Trinajstić information content (AvgIpc) is 3.59. The second kappa shape index (κ2) is 8.19. The lowest BCUT2D eigenvalue weighted by molar-refractivity contribution is -0.212. The molecule has 204 valence electrons. The van der Waals surface area contributed by atoms with Crippen molar-refractivity contribution in [1.29, 1.82) is 0 Å². The Hall–Kier alpha value is -2.70. The van der Waals surface area contributed by atoms with E-state index in [1.165, 1.54) is 18.4 Å². The molecule has 2 aliphatic heterocycles.